The van der Waals surface area contributed by atoms with Gasteiger partial charge in [-0.1, -0.05) is 0 Å². The van der Waals surface area contributed by atoms with Gasteiger partial charge in [0, 0.05) is 19.4 Å². The highest BCUT2D eigenvalue weighted by molar-refractivity contribution is 5.72. The lowest BCUT2D eigenvalue weighted by Gasteiger charge is -2.37. The number of ether oxygens (including phenoxy) is 1. The van der Waals surface area contributed by atoms with Gasteiger partial charge in [-0.3, -0.25) is 9.36 Å². The largest absolute Gasteiger partial charge is 0.370 e. The second-order valence-corrected chi connectivity index (χ2v) is 7.22. The molecule has 0 radical (unpaired) electrons. The molecule has 1 aliphatic carbocycles. The van der Waals surface area contributed by atoms with Gasteiger partial charge < -0.3 is 4.74 Å². The SMILES string of the molecule is CCn1ncc2c(=O)n(CC3CCC4(CCC(F)(F)CC4)O3)cnc21. The van der Waals surface area contributed by atoms with Crippen molar-refractivity contribution in [2.45, 2.75) is 76.2 Å². The van der Waals surface area contributed by atoms with E-state index < -0.39 is 11.5 Å². The highest BCUT2D eigenvalue weighted by atomic mass is 19.3. The Morgan fingerprint density at radius 3 is 2.76 bits per heavy atom. The van der Waals surface area contributed by atoms with E-state index in [0.717, 1.165) is 12.8 Å². The van der Waals surface area contributed by atoms with Crippen molar-refractivity contribution in [3.63, 3.8) is 0 Å². The first-order valence-corrected chi connectivity index (χ1v) is 8.88. The third kappa shape index (κ3) is 2.96. The molecule has 6 nitrogen and oxygen atoms in total. The van der Waals surface area contributed by atoms with Gasteiger partial charge in [0.1, 0.15) is 11.7 Å². The summed E-state index contributed by atoms with van der Waals surface area (Å²) in [4.78, 5) is 17.0. The first-order chi connectivity index (χ1) is 11.9. The molecule has 8 heteroatoms. The van der Waals surface area contributed by atoms with Crippen LogP contribution in [0.3, 0.4) is 0 Å². The average Bonchev–Trinajstić information content (AvgIpc) is 3.18. The van der Waals surface area contributed by atoms with E-state index >= 15 is 0 Å². The topological polar surface area (TPSA) is 61.9 Å². The molecule has 25 heavy (non-hydrogen) atoms. The molecular formula is C17H22F2N4O2. The average molecular weight is 352 g/mol. The van der Waals surface area contributed by atoms with Gasteiger partial charge in [-0.25, -0.2) is 18.4 Å². The van der Waals surface area contributed by atoms with Crippen LogP contribution < -0.4 is 5.56 Å². The summed E-state index contributed by atoms with van der Waals surface area (Å²) < 4.78 is 36.2. The van der Waals surface area contributed by atoms with Crippen LogP contribution in [0.25, 0.3) is 11.0 Å². The van der Waals surface area contributed by atoms with Crippen LogP contribution in [0.4, 0.5) is 8.78 Å². The van der Waals surface area contributed by atoms with Crippen LogP contribution in [0.15, 0.2) is 17.3 Å². The maximum absolute atomic E-state index is 13.4. The van der Waals surface area contributed by atoms with Gasteiger partial charge in [-0.05, 0) is 32.6 Å². The highest BCUT2D eigenvalue weighted by Crippen LogP contribution is 2.46. The third-order valence-electron chi connectivity index (χ3n) is 5.55. The number of alkyl halides is 2. The monoisotopic (exact) mass is 352 g/mol. The standard InChI is InChI=1S/C17H22F2N4O2/c1-2-23-14-13(9-21-23)15(24)22(11-20-14)10-12-3-4-16(25-12)5-7-17(18,19)8-6-16/h9,11-12H,2-8,10H2,1H3. The minimum atomic E-state index is -2.56. The Balaban J connectivity index is 1.49. The third-order valence-corrected chi connectivity index (χ3v) is 5.55. The molecule has 0 N–H and O–H groups in total. The summed E-state index contributed by atoms with van der Waals surface area (Å²) in [5.74, 6) is -2.56. The number of halogens is 2. The number of aryl methyl sites for hydroxylation is 1. The van der Waals surface area contributed by atoms with Crippen molar-refractivity contribution in [3.05, 3.63) is 22.9 Å². The summed E-state index contributed by atoms with van der Waals surface area (Å²) >= 11 is 0. The first-order valence-electron chi connectivity index (χ1n) is 8.88. The normalized spacial score (nSPS) is 25.0. The van der Waals surface area contributed by atoms with E-state index in [1.807, 2.05) is 6.92 Å². The lowest BCUT2D eigenvalue weighted by Crippen LogP contribution is -2.39. The zero-order valence-electron chi connectivity index (χ0n) is 14.3. The van der Waals surface area contributed by atoms with E-state index in [0.29, 0.717) is 37.0 Å². The summed E-state index contributed by atoms with van der Waals surface area (Å²) in [5.41, 5.74) is 0.0205. The molecule has 2 aromatic rings. The molecule has 1 saturated heterocycles. The molecule has 0 aromatic carbocycles. The zero-order valence-corrected chi connectivity index (χ0v) is 14.3. The number of fused-ring (bicyclic) bond motifs is 1. The van der Waals surface area contributed by atoms with Crippen LogP contribution in [0.1, 0.15) is 45.4 Å². The van der Waals surface area contributed by atoms with Crippen molar-refractivity contribution >= 4 is 11.0 Å². The number of hydrogen-bond acceptors (Lipinski definition) is 4. The molecule has 136 valence electrons. The van der Waals surface area contributed by atoms with Gasteiger partial charge in [0.15, 0.2) is 5.65 Å². The van der Waals surface area contributed by atoms with E-state index in [1.165, 1.54) is 6.33 Å². The van der Waals surface area contributed by atoms with E-state index in [4.69, 9.17) is 4.74 Å². The fourth-order valence-corrected chi connectivity index (χ4v) is 4.04. The Morgan fingerprint density at radius 2 is 2.04 bits per heavy atom. The smallest absolute Gasteiger partial charge is 0.264 e. The maximum atomic E-state index is 13.4. The fraction of sp³-hybridized carbons (Fsp3) is 0.706. The van der Waals surface area contributed by atoms with Crippen LogP contribution in [0, 0.1) is 0 Å². The molecule has 1 aliphatic heterocycles. The lowest BCUT2D eigenvalue weighted by atomic mass is 9.81. The van der Waals surface area contributed by atoms with Crippen LogP contribution in [-0.4, -0.2) is 37.0 Å². The zero-order chi connectivity index (χ0) is 17.7. The van der Waals surface area contributed by atoms with Crippen molar-refractivity contribution in [1.82, 2.24) is 19.3 Å². The van der Waals surface area contributed by atoms with Crippen LogP contribution in [0.2, 0.25) is 0 Å². The first kappa shape index (κ1) is 16.6. The predicted molar refractivity (Wildman–Crippen MR) is 87.7 cm³/mol. The van der Waals surface area contributed by atoms with Crippen LogP contribution >= 0.6 is 0 Å². The Kier molecular flexibility index (Phi) is 3.90. The molecule has 1 spiro atoms. The molecule has 2 aromatic heterocycles. The summed E-state index contributed by atoms with van der Waals surface area (Å²) in [6.45, 7) is 3.00. The molecule has 2 fully saturated rings. The van der Waals surface area contributed by atoms with Crippen molar-refractivity contribution in [1.29, 1.82) is 0 Å². The number of aromatic nitrogens is 4. The van der Waals surface area contributed by atoms with Crippen LogP contribution in [-0.2, 0) is 17.8 Å². The highest BCUT2D eigenvalue weighted by Gasteiger charge is 2.48. The Bertz CT molecular complexity index is 835. The Labute approximate surface area is 143 Å². The van der Waals surface area contributed by atoms with Crippen molar-refractivity contribution < 1.29 is 13.5 Å². The van der Waals surface area contributed by atoms with E-state index in [9.17, 15) is 13.6 Å². The summed E-state index contributed by atoms with van der Waals surface area (Å²) in [7, 11) is 0. The Hall–Kier alpha value is -1.83. The number of rotatable bonds is 3. The molecule has 3 heterocycles. The van der Waals surface area contributed by atoms with Crippen LogP contribution in [0.5, 0.6) is 0 Å². The number of hydrogen-bond donors (Lipinski definition) is 0. The fourth-order valence-electron chi connectivity index (χ4n) is 4.04. The summed E-state index contributed by atoms with van der Waals surface area (Å²) in [5, 5.41) is 4.66. The minimum absolute atomic E-state index is 0.108. The molecule has 0 bridgehead atoms. The maximum Gasteiger partial charge on any atom is 0.264 e. The van der Waals surface area contributed by atoms with E-state index in [-0.39, 0.29) is 24.5 Å². The molecule has 1 saturated carbocycles. The van der Waals surface area contributed by atoms with Gasteiger partial charge in [0.25, 0.3) is 5.56 Å². The van der Waals surface area contributed by atoms with E-state index in [1.54, 1.807) is 15.4 Å². The predicted octanol–water partition coefficient (Wildman–Crippen LogP) is 2.74. The van der Waals surface area contributed by atoms with Gasteiger partial charge in [0.2, 0.25) is 5.92 Å². The minimum Gasteiger partial charge on any atom is -0.370 e. The van der Waals surface area contributed by atoms with Crippen molar-refractivity contribution in [3.8, 4) is 0 Å². The molecule has 4 rings (SSSR count). The van der Waals surface area contributed by atoms with E-state index in [2.05, 4.69) is 10.1 Å². The van der Waals surface area contributed by atoms with Gasteiger partial charge >= 0.3 is 0 Å². The van der Waals surface area contributed by atoms with Crippen molar-refractivity contribution in [2.24, 2.45) is 0 Å². The van der Waals surface area contributed by atoms with Gasteiger partial charge in [0.05, 0.1) is 24.4 Å². The second kappa shape index (κ2) is 5.86. The quantitative estimate of drug-likeness (QED) is 0.852. The molecule has 2 aliphatic rings. The molecule has 0 amide bonds. The summed E-state index contributed by atoms with van der Waals surface area (Å²) in [6.07, 6.45) is 5.08. The van der Waals surface area contributed by atoms with Crippen molar-refractivity contribution in [2.75, 3.05) is 0 Å². The number of nitrogens with zero attached hydrogens (tertiary/aromatic N) is 4. The Morgan fingerprint density at radius 1 is 1.28 bits per heavy atom. The molecule has 1 atom stereocenters. The van der Waals surface area contributed by atoms with Gasteiger partial charge in [-0.2, -0.15) is 5.10 Å². The molecular weight excluding hydrogens is 330 g/mol. The summed E-state index contributed by atoms with van der Waals surface area (Å²) in [6, 6.07) is 0. The van der Waals surface area contributed by atoms with Gasteiger partial charge in [-0.15, -0.1) is 0 Å². The lowest BCUT2D eigenvalue weighted by molar-refractivity contribution is -0.128. The second-order valence-electron chi connectivity index (χ2n) is 7.22. The molecule has 1 unspecified atom stereocenters.